The number of para-hydroxylation sites is 1. The molecule has 0 aromatic heterocycles. The number of allylic oxidation sites excluding steroid dienone is 1. The molecule has 0 amide bonds. The van der Waals surface area contributed by atoms with E-state index in [1.807, 2.05) is 47.5 Å². The van der Waals surface area contributed by atoms with Crippen LogP contribution in [0.3, 0.4) is 0 Å². The van der Waals surface area contributed by atoms with E-state index >= 15 is 0 Å². The lowest BCUT2D eigenvalue weighted by Gasteiger charge is -2.11. The molecule has 22 heavy (non-hydrogen) atoms. The largest absolute Gasteiger partial charge is 0.263 e. The summed E-state index contributed by atoms with van der Waals surface area (Å²) in [5.41, 5.74) is 2.24. The molecule has 0 bridgehead atoms. The molecule has 0 saturated heterocycles. The molecule has 0 saturated carbocycles. The predicted octanol–water partition coefficient (Wildman–Crippen LogP) is 4.72. The Kier molecular flexibility index (Phi) is 4.81. The minimum Gasteiger partial charge on any atom is -0.263 e. The minimum absolute atomic E-state index is 0.849. The number of rotatable bonds is 3. The number of aliphatic imine (C=N–C) groups is 1. The first-order valence-corrected chi connectivity index (χ1v) is 7.97. The Labute approximate surface area is 138 Å². The van der Waals surface area contributed by atoms with E-state index in [2.05, 4.69) is 50.3 Å². The van der Waals surface area contributed by atoms with Crippen LogP contribution in [0.25, 0.3) is 6.08 Å². The van der Waals surface area contributed by atoms with Crippen LogP contribution in [-0.4, -0.2) is 18.6 Å². The maximum atomic E-state index is 4.54. The SMILES string of the molecule is Br/C(C=NC1=NN(c2ccccc2)CC1)=C\c1ccccc1. The number of halogens is 1. The third-order valence-electron chi connectivity index (χ3n) is 3.28. The molecule has 1 heterocycles. The van der Waals surface area contributed by atoms with Gasteiger partial charge in [-0.1, -0.05) is 48.5 Å². The van der Waals surface area contributed by atoms with Gasteiger partial charge < -0.3 is 0 Å². The molecule has 0 N–H and O–H groups in total. The summed E-state index contributed by atoms with van der Waals surface area (Å²) in [6, 6.07) is 20.3. The van der Waals surface area contributed by atoms with E-state index in [1.54, 1.807) is 6.21 Å². The van der Waals surface area contributed by atoms with Crippen LogP contribution in [0.15, 0.2) is 75.2 Å². The summed E-state index contributed by atoms with van der Waals surface area (Å²) >= 11 is 3.53. The van der Waals surface area contributed by atoms with E-state index in [1.165, 1.54) is 0 Å². The summed E-state index contributed by atoms with van der Waals surface area (Å²) in [5.74, 6) is 0.849. The van der Waals surface area contributed by atoms with Gasteiger partial charge in [-0.15, -0.1) is 0 Å². The average Bonchev–Trinajstić information content (AvgIpc) is 3.04. The molecule has 0 fully saturated rings. The minimum atomic E-state index is 0.849. The number of benzene rings is 2. The summed E-state index contributed by atoms with van der Waals surface area (Å²) in [4.78, 5) is 4.46. The molecule has 0 spiro atoms. The summed E-state index contributed by atoms with van der Waals surface area (Å²) < 4.78 is 0.930. The molecular weight excluding hydrogens is 338 g/mol. The van der Waals surface area contributed by atoms with Crippen molar-refractivity contribution in [3.63, 3.8) is 0 Å². The van der Waals surface area contributed by atoms with Gasteiger partial charge in [-0.3, -0.25) is 5.01 Å². The Morgan fingerprint density at radius 2 is 1.73 bits per heavy atom. The zero-order chi connectivity index (χ0) is 15.2. The average molecular weight is 354 g/mol. The molecule has 2 aromatic rings. The second-order valence-electron chi connectivity index (χ2n) is 4.92. The molecular formula is C18H16BrN3. The highest BCUT2D eigenvalue weighted by atomic mass is 79.9. The molecule has 4 heteroatoms. The first-order chi connectivity index (χ1) is 10.8. The zero-order valence-corrected chi connectivity index (χ0v) is 13.6. The predicted molar refractivity (Wildman–Crippen MR) is 97.7 cm³/mol. The number of hydrogen-bond donors (Lipinski definition) is 0. The normalized spacial score (nSPS) is 15.4. The standard InChI is InChI=1S/C18H16BrN3/c19-16(13-15-7-3-1-4-8-15)14-20-18-11-12-22(21-18)17-9-5-2-6-10-17/h1-10,13-14H,11-12H2/b16-13-,20-14?. The Hall–Kier alpha value is -2.20. The first kappa shape index (κ1) is 14.7. The van der Waals surface area contributed by atoms with Gasteiger partial charge in [0.25, 0.3) is 0 Å². The zero-order valence-electron chi connectivity index (χ0n) is 12.1. The highest BCUT2D eigenvalue weighted by Gasteiger charge is 2.14. The van der Waals surface area contributed by atoms with Crippen LogP contribution < -0.4 is 5.01 Å². The number of hydrogen-bond acceptors (Lipinski definition) is 3. The fraction of sp³-hybridized carbons (Fsp3) is 0.111. The number of nitrogens with zero attached hydrogens (tertiary/aromatic N) is 3. The maximum Gasteiger partial charge on any atom is 0.150 e. The second kappa shape index (κ2) is 7.18. The monoisotopic (exact) mass is 353 g/mol. The number of amidine groups is 1. The van der Waals surface area contributed by atoms with Gasteiger partial charge in [0.15, 0.2) is 5.84 Å². The smallest absolute Gasteiger partial charge is 0.150 e. The van der Waals surface area contributed by atoms with E-state index in [4.69, 9.17) is 0 Å². The molecule has 0 radical (unpaired) electrons. The van der Waals surface area contributed by atoms with E-state index in [-0.39, 0.29) is 0 Å². The summed E-state index contributed by atoms with van der Waals surface area (Å²) in [5, 5.41) is 6.53. The summed E-state index contributed by atoms with van der Waals surface area (Å²) in [6.07, 6.45) is 4.70. The van der Waals surface area contributed by atoms with Gasteiger partial charge >= 0.3 is 0 Å². The molecule has 0 atom stereocenters. The molecule has 0 aliphatic carbocycles. The molecule has 0 unspecified atom stereocenters. The quantitative estimate of drug-likeness (QED) is 0.733. The van der Waals surface area contributed by atoms with Gasteiger partial charge in [-0.2, -0.15) is 5.10 Å². The lowest BCUT2D eigenvalue weighted by molar-refractivity contribution is 0.922. The van der Waals surface area contributed by atoms with Crippen molar-refractivity contribution in [3.8, 4) is 0 Å². The molecule has 1 aliphatic rings. The fourth-order valence-electron chi connectivity index (χ4n) is 2.20. The van der Waals surface area contributed by atoms with Crippen molar-refractivity contribution in [1.82, 2.24) is 0 Å². The van der Waals surface area contributed by atoms with Crippen LogP contribution in [0.2, 0.25) is 0 Å². The Morgan fingerprint density at radius 1 is 1.05 bits per heavy atom. The van der Waals surface area contributed by atoms with E-state index in [0.29, 0.717) is 0 Å². The van der Waals surface area contributed by atoms with Crippen molar-refractivity contribution in [2.45, 2.75) is 6.42 Å². The van der Waals surface area contributed by atoms with Crippen LogP contribution >= 0.6 is 15.9 Å². The van der Waals surface area contributed by atoms with Crippen molar-refractivity contribution in [2.75, 3.05) is 11.6 Å². The van der Waals surface area contributed by atoms with Crippen molar-refractivity contribution in [1.29, 1.82) is 0 Å². The fourth-order valence-corrected chi connectivity index (χ4v) is 2.57. The van der Waals surface area contributed by atoms with Gasteiger partial charge in [0, 0.05) is 23.7 Å². The van der Waals surface area contributed by atoms with Crippen molar-refractivity contribution in [3.05, 3.63) is 70.7 Å². The first-order valence-electron chi connectivity index (χ1n) is 7.18. The lowest BCUT2D eigenvalue weighted by Crippen LogP contribution is -2.11. The highest BCUT2D eigenvalue weighted by Crippen LogP contribution is 2.19. The van der Waals surface area contributed by atoms with Gasteiger partial charge in [0.05, 0.1) is 5.69 Å². The molecule has 3 rings (SSSR count). The van der Waals surface area contributed by atoms with Crippen molar-refractivity contribution >= 4 is 39.7 Å². The van der Waals surface area contributed by atoms with E-state index < -0.39 is 0 Å². The van der Waals surface area contributed by atoms with Crippen molar-refractivity contribution in [2.24, 2.45) is 10.1 Å². The third-order valence-corrected chi connectivity index (χ3v) is 3.71. The second-order valence-corrected chi connectivity index (χ2v) is 5.84. The topological polar surface area (TPSA) is 28.0 Å². The van der Waals surface area contributed by atoms with Gasteiger partial charge in [0.2, 0.25) is 0 Å². The number of anilines is 1. The van der Waals surface area contributed by atoms with Crippen LogP contribution in [0, 0.1) is 0 Å². The summed E-state index contributed by atoms with van der Waals surface area (Å²) in [6.45, 7) is 0.872. The third kappa shape index (κ3) is 3.92. The lowest BCUT2D eigenvalue weighted by atomic mass is 10.2. The number of hydrazone groups is 1. The van der Waals surface area contributed by atoms with Crippen LogP contribution in [0.5, 0.6) is 0 Å². The molecule has 3 nitrogen and oxygen atoms in total. The van der Waals surface area contributed by atoms with Crippen LogP contribution in [0.4, 0.5) is 5.69 Å². The van der Waals surface area contributed by atoms with Crippen LogP contribution in [0.1, 0.15) is 12.0 Å². The van der Waals surface area contributed by atoms with E-state index in [0.717, 1.165) is 34.5 Å². The molecule has 1 aliphatic heterocycles. The van der Waals surface area contributed by atoms with Crippen molar-refractivity contribution < 1.29 is 0 Å². The summed E-state index contributed by atoms with van der Waals surface area (Å²) in [7, 11) is 0. The Balaban J connectivity index is 1.67. The maximum absolute atomic E-state index is 4.54. The molecule has 110 valence electrons. The Morgan fingerprint density at radius 3 is 2.45 bits per heavy atom. The molecule has 2 aromatic carbocycles. The Bertz CT molecular complexity index is 706. The van der Waals surface area contributed by atoms with Gasteiger partial charge in [-0.05, 0) is 39.7 Å². The van der Waals surface area contributed by atoms with Gasteiger partial charge in [-0.25, -0.2) is 4.99 Å². The van der Waals surface area contributed by atoms with E-state index in [9.17, 15) is 0 Å². The van der Waals surface area contributed by atoms with Gasteiger partial charge in [0.1, 0.15) is 0 Å². The highest BCUT2D eigenvalue weighted by molar-refractivity contribution is 9.12. The van der Waals surface area contributed by atoms with Crippen LogP contribution in [-0.2, 0) is 0 Å².